The molecule has 3 nitrogen and oxygen atoms in total. The van der Waals surface area contributed by atoms with Crippen LogP contribution in [-0.4, -0.2) is 12.1 Å². The van der Waals surface area contributed by atoms with Gasteiger partial charge in [-0.05, 0) is 64.6 Å². The van der Waals surface area contributed by atoms with Crippen molar-refractivity contribution in [3.8, 4) is 5.75 Å². The van der Waals surface area contributed by atoms with Gasteiger partial charge in [-0.1, -0.05) is 67.1 Å². The molecule has 1 aliphatic carbocycles. The van der Waals surface area contributed by atoms with Crippen LogP contribution in [0.2, 0.25) is 0 Å². The van der Waals surface area contributed by atoms with Crippen LogP contribution >= 0.6 is 0 Å². The predicted octanol–water partition coefficient (Wildman–Crippen LogP) is 7.16. The summed E-state index contributed by atoms with van der Waals surface area (Å²) in [5.74, 6) is 0.929. The molecule has 3 heteroatoms. The fraction of sp³-hybridized carbons (Fsp3) is 0.276. The van der Waals surface area contributed by atoms with Gasteiger partial charge in [0.05, 0.1) is 0 Å². The molecule has 1 fully saturated rings. The van der Waals surface area contributed by atoms with E-state index in [-0.39, 0.29) is 18.0 Å². The number of esters is 1. The van der Waals surface area contributed by atoms with Gasteiger partial charge in [-0.3, -0.25) is 4.79 Å². The second-order valence-electron chi connectivity index (χ2n) is 8.69. The summed E-state index contributed by atoms with van der Waals surface area (Å²) in [5, 5.41) is 4.92. The fourth-order valence-corrected chi connectivity index (χ4v) is 5.06. The fourth-order valence-electron chi connectivity index (χ4n) is 5.06. The maximum Gasteiger partial charge on any atom is 0.302 e. The molecule has 2 atom stereocenters. The topological polar surface area (TPSA) is 35.5 Å². The van der Waals surface area contributed by atoms with Crippen molar-refractivity contribution in [1.82, 2.24) is 0 Å². The Morgan fingerprint density at radius 3 is 2.12 bits per heavy atom. The normalized spacial score (nSPS) is 18.5. The highest BCUT2D eigenvalue weighted by atomic mass is 16.5. The molecule has 0 N–H and O–H groups in total. The molecule has 0 spiro atoms. The van der Waals surface area contributed by atoms with Crippen LogP contribution in [0.25, 0.3) is 21.5 Å². The van der Waals surface area contributed by atoms with E-state index in [0.29, 0.717) is 6.61 Å². The largest absolute Gasteiger partial charge is 0.489 e. The number of benzene rings is 4. The molecule has 5 rings (SSSR count). The SMILES string of the molecule is CC(=O)OC1CCCCC1c1ccc(OCc2c3ccccc3cc3ccccc23)cc1. The molecule has 0 radical (unpaired) electrons. The standard InChI is InChI=1S/C29H28O3/c1-20(30)32-29-13-7-6-12-27(29)21-14-16-24(17-15-21)31-19-28-25-10-4-2-8-22(25)18-23-9-3-5-11-26(23)28/h2-5,8-11,14-18,27,29H,6-7,12-13,19H2,1H3. The molecule has 1 aliphatic rings. The van der Waals surface area contributed by atoms with Gasteiger partial charge in [-0.2, -0.15) is 0 Å². The Labute approximate surface area is 189 Å². The Hall–Kier alpha value is -3.33. The van der Waals surface area contributed by atoms with E-state index in [4.69, 9.17) is 9.47 Å². The van der Waals surface area contributed by atoms with E-state index in [1.165, 1.54) is 46.0 Å². The average molecular weight is 425 g/mol. The van der Waals surface area contributed by atoms with Crippen LogP contribution in [-0.2, 0) is 16.1 Å². The number of fused-ring (bicyclic) bond motifs is 2. The summed E-state index contributed by atoms with van der Waals surface area (Å²) in [4.78, 5) is 11.5. The van der Waals surface area contributed by atoms with Crippen molar-refractivity contribution in [3.63, 3.8) is 0 Å². The molecule has 162 valence electrons. The Kier molecular flexibility index (Phi) is 5.81. The maximum atomic E-state index is 11.5. The number of hydrogen-bond acceptors (Lipinski definition) is 3. The predicted molar refractivity (Wildman–Crippen MR) is 129 cm³/mol. The Morgan fingerprint density at radius 2 is 1.47 bits per heavy atom. The third-order valence-corrected chi connectivity index (χ3v) is 6.59. The first-order chi connectivity index (χ1) is 15.7. The van der Waals surface area contributed by atoms with Gasteiger partial charge in [-0.25, -0.2) is 0 Å². The van der Waals surface area contributed by atoms with Crippen molar-refractivity contribution >= 4 is 27.5 Å². The van der Waals surface area contributed by atoms with Gasteiger partial charge in [0, 0.05) is 18.4 Å². The van der Waals surface area contributed by atoms with Crippen molar-refractivity contribution in [2.45, 2.75) is 51.2 Å². The van der Waals surface area contributed by atoms with Gasteiger partial charge in [0.25, 0.3) is 0 Å². The molecular weight excluding hydrogens is 396 g/mol. The molecule has 4 aromatic rings. The lowest BCUT2D eigenvalue weighted by Gasteiger charge is -2.31. The van der Waals surface area contributed by atoms with Crippen molar-refractivity contribution < 1.29 is 14.3 Å². The van der Waals surface area contributed by atoms with E-state index in [0.717, 1.165) is 25.0 Å². The number of ether oxygens (including phenoxy) is 2. The van der Waals surface area contributed by atoms with E-state index < -0.39 is 0 Å². The zero-order valence-electron chi connectivity index (χ0n) is 18.4. The minimum atomic E-state index is -0.191. The van der Waals surface area contributed by atoms with Gasteiger partial charge in [0.1, 0.15) is 18.5 Å². The lowest BCUT2D eigenvalue weighted by atomic mass is 9.81. The first-order valence-electron chi connectivity index (χ1n) is 11.5. The zero-order valence-corrected chi connectivity index (χ0v) is 18.4. The van der Waals surface area contributed by atoms with Gasteiger partial charge in [-0.15, -0.1) is 0 Å². The summed E-state index contributed by atoms with van der Waals surface area (Å²) in [6, 6.07) is 27.6. The van der Waals surface area contributed by atoms with Crippen molar-refractivity contribution in [3.05, 3.63) is 90.0 Å². The summed E-state index contributed by atoms with van der Waals surface area (Å²) < 4.78 is 11.9. The Morgan fingerprint density at radius 1 is 0.844 bits per heavy atom. The van der Waals surface area contributed by atoms with Gasteiger partial charge in [0.2, 0.25) is 0 Å². The summed E-state index contributed by atoms with van der Waals surface area (Å²) >= 11 is 0. The number of hydrogen-bond donors (Lipinski definition) is 0. The van der Waals surface area contributed by atoms with Crippen molar-refractivity contribution in [2.24, 2.45) is 0 Å². The zero-order chi connectivity index (χ0) is 21.9. The van der Waals surface area contributed by atoms with Crippen LogP contribution in [0, 0.1) is 0 Å². The second-order valence-corrected chi connectivity index (χ2v) is 8.69. The van der Waals surface area contributed by atoms with Crippen molar-refractivity contribution in [2.75, 3.05) is 0 Å². The number of carbonyl (C=O) groups is 1. The molecule has 1 saturated carbocycles. The van der Waals surface area contributed by atoms with E-state index in [1.807, 2.05) is 12.1 Å². The molecule has 4 aromatic carbocycles. The van der Waals surface area contributed by atoms with Gasteiger partial charge < -0.3 is 9.47 Å². The van der Waals surface area contributed by atoms with Crippen LogP contribution in [0.5, 0.6) is 5.75 Å². The highest BCUT2D eigenvalue weighted by Crippen LogP contribution is 2.36. The highest BCUT2D eigenvalue weighted by Gasteiger charge is 2.28. The molecule has 0 aliphatic heterocycles. The molecule has 0 aromatic heterocycles. The molecular formula is C29H28O3. The first-order valence-corrected chi connectivity index (χ1v) is 11.5. The third kappa shape index (κ3) is 4.20. The maximum absolute atomic E-state index is 11.5. The quantitative estimate of drug-likeness (QED) is 0.252. The smallest absolute Gasteiger partial charge is 0.302 e. The van der Waals surface area contributed by atoms with Crippen LogP contribution in [0.4, 0.5) is 0 Å². The highest BCUT2D eigenvalue weighted by molar-refractivity contribution is 6.02. The Balaban J connectivity index is 1.38. The molecule has 0 saturated heterocycles. The minimum Gasteiger partial charge on any atom is -0.489 e. The Bertz CT molecular complexity index is 1190. The van der Waals surface area contributed by atoms with Crippen LogP contribution < -0.4 is 4.74 Å². The molecule has 2 unspecified atom stereocenters. The summed E-state index contributed by atoms with van der Waals surface area (Å²) in [6.45, 7) is 2.01. The number of carbonyl (C=O) groups excluding carboxylic acids is 1. The van der Waals surface area contributed by atoms with E-state index in [2.05, 4.69) is 66.7 Å². The third-order valence-electron chi connectivity index (χ3n) is 6.59. The summed E-state index contributed by atoms with van der Waals surface area (Å²) in [5.41, 5.74) is 2.43. The molecule has 0 bridgehead atoms. The first kappa shape index (κ1) is 20.6. The summed E-state index contributed by atoms with van der Waals surface area (Å²) in [6.07, 6.45) is 4.27. The van der Waals surface area contributed by atoms with E-state index in [1.54, 1.807) is 0 Å². The second kappa shape index (κ2) is 9.04. The van der Waals surface area contributed by atoms with Gasteiger partial charge >= 0.3 is 5.97 Å². The molecule has 0 amide bonds. The van der Waals surface area contributed by atoms with Crippen molar-refractivity contribution in [1.29, 1.82) is 0 Å². The van der Waals surface area contributed by atoms with Gasteiger partial charge in [0.15, 0.2) is 0 Å². The molecule has 0 heterocycles. The molecule has 32 heavy (non-hydrogen) atoms. The number of rotatable bonds is 5. The lowest BCUT2D eigenvalue weighted by molar-refractivity contribution is -0.148. The van der Waals surface area contributed by atoms with Crippen LogP contribution in [0.1, 0.15) is 49.7 Å². The van der Waals surface area contributed by atoms with Crippen LogP contribution in [0.15, 0.2) is 78.9 Å². The lowest BCUT2D eigenvalue weighted by Crippen LogP contribution is -2.27. The van der Waals surface area contributed by atoms with E-state index in [9.17, 15) is 4.79 Å². The average Bonchev–Trinajstić information content (AvgIpc) is 2.82. The van der Waals surface area contributed by atoms with E-state index >= 15 is 0 Å². The van der Waals surface area contributed by atoms with Crippen LogP contribution in [0.3, 0.4) is 0 Å². The monoisotopic (exact) mass is 424 g/mol. The minimum absolute atomic E-state index is 0.0185. The summed E-state index contributed by atoms with van der Waals surface area (Å²) in [7, 11) is 0.